The molecule has 1 N–H and O–H groups in total. The summed E-state index contributed by atoms with van der Waals surface area (Å²) in [6, 6.07) is 6.70. The number of nitrogens with one attached hydrogen (secondary N) is 1. The van der Waals surface area contributed by atoms with Crippen LogP contribution in [0.3, 0.4) is 0 Å². The van der Waals surface area contributed by atoms with Crippen LogP contribution in [0.2, 0.25) is 0 Å². The first-order valence-corrected chi connectivity index (χ1v) is 7.70. The van der Waals surface area contributed by atoms with Crippen LogP contribution in [0.15, 0.2) is 22.7 Å². The van der Waals surface area contributed by atoms with Crippen LogP contribution in [0, 0.1) is 5.92 Å². The second kappa shape index (κ2) is 6.58. The third-order valence-corrected chi connectivity index (χ3v) is 4.04. The monoisotopic (exact) mass is 310 g/mol. The van der Waals surface area contributed by atoms with Gasteiger partial charge in [0.05, 0.1) is 5.69 Å². The molecule has 0 spiro atoms. The van der Waals surface area contributed by atoms with Crippen LogP contribution in [-0.4, -0.2) is 20.1 Å². The Labute approximate surface area is 119 Å². The van der Waals surface area contributed by atoms with E-state index in [4.69, 9.17) is 0 Å². The second-order valence-corrected chi connectivity index (χ2v) is 6.14. The Bertz CT molecular complexity index is 388. The first-order chi connectivity index (χ1) is 8.70. The average Bonchev–Trinajstić information content (AvgIpc) is 3.13. The molecule has 0 saturated heterocycles. The first-order valence-electron chi connectivity index (χ1n) is 6.91. The van der Waals surface area contributed by atoms with Crippen molar-refractivity contribution < 1.29 is 0 Å². The molecule has 1 aromatic carbocycles. The van der Waals surface area contributed by atoms with E-state index in [1.165, 1.54) is 41.5 Å². The Morgan fingerprint density at radius 1 is 1.39 bits per heavy atom. The van der Waals surface area contributed by atoms with Crippen LogP contribution in [0.4, 0.5) is 5.69 Å². The Kier molecular flexibility index (Phi) is 5.07. The Morgan fingerprint density at radius 2 is 2.17 bits per heavy atom. The maximum Gasteiger partial charge on any atom is 0.0508 e. The van der Waals surface area contributed by atoms with Crippen LogP contribution < -0.4 is 10.2 Å². The van der Waals surface area contributed by atoms with E-state index in [0.717, 1.165) is 19.0 Å². The number of hydrogen-bond donors (Lipinski definition) is 1. The van der Waals surface area contributed by atoms with Crippen molar-refractivity contribution in [2.45, 2.75) is 32.7 Å². The molecule has 100 valence electrons. The highest BCUT2D eigenvalue weighted by atomic mass is 79.9. The molecule has 0 radical (unpaired) electrons. The van der Waals surface area contributed by atoms with E-state index in [1.54, 1.807) is 0 Å². The third-order valence-electron chi connectivity index (χ3n) is 3.41. The van der Waals surface area contributed by atoms with E-state index >= 15 is 0 Å². The Hall–Kier alpha value is -0.540. The van der Waals surface area contributed by atoms with Gasteiger partial charge >= 0.3 is 0 Å². The summed E-state index contributed by atoms with van der Waals surface area (Å²) in [4.78, 5) is 2.37. The number of benzene rings is 1. The number of halogens is 1. The molecule has 1 aliphatic carbocycles. The SMILES string of the molecule is CCCNCc1ccc(N(C)CC2CC2)c(Br)c1. The largest absolute Gasteiger partial charge is 0.373 e. The Balaban J connectivity index is 1.95. The average molecular weight is 311 g/mol. The van der Waals surface area contributed by atoms with Gasteiger partial charge in [-0.15, -0.1) is 0 Å². The first kappa shape index (κ1) is 13.9. The lowest BCUT2D eigenvalue weighted by atomic mass is 10.2. The molecular formula is C15H23BrN2. The highest BCUT2D eigenvalue weighted by Crippen LogP contribution is 2.33. The highest BCUT2D eigenvalue weighted by Gasteiger charge is 2.23. The van der Waals surface area contributed by atoms with Crippen LogP contribution in [0.5, 0.6) is 0 Å². The second-order valence-electron chi connectivity index (χ2n) is 5.29. The summed E-state index contributed by atoms with van der Waals surface area (Å²) in [6.07, 6.45) is 3.99. The lowest BCUT2D eigenvalue weighted by Gasteiger charge is -2.21. The van der Waals surface area contributed by atoms with E-state index in [0.29, 0.717) is 0 Å². The van der Waals surface area contributed by atoms with Crippen molar-refractivity contribution in [3.8, 4) is 0 Å². The molecule has 18 heavy (non-hydrogen) atoms. The van der Waals surface area contributed by atoms with E-state index in [1.807, 2.05) is 0 Å². The molecule has 0 unspecified atom stereocenters. The van der Waals surface area contributed by atoms with E-state index in [9.17, 15) is 0 Å². The van der Waals surface area contributed by atoms with Gasteiger partial charge in [-0.1, -0.05) is 13.0 Å². The standard InChI is InChI=1S/C15H23BrN2/c1-3-8-17-10-13-6-7-15(14(16)9-13)18(2)11-12-4-5-12/h6-7,9,12,17H,3-5,8,10-11H2,1-2H3. The van der Waals surface area contributed by atoms with Crippen LogP contribution in [0.25, 0.3) is 0 Å². The zero-order chi connectivity index (χ0) is 13.0. The molecule has 0 amide bonds. The minimum absolute atomic E-state index is 0.924. The predicted molar refractivity (Wildman–Crippen MR) is 82.1 cm³/mol. The van der Waals surface area contributed by atoms with Crippen molar-refractivity contribution >= 4 is 21.6 Å². The van der Waals surface area contributed by atoms with Gasteiger partial charge in [-0.3, -0.25) is 0 Å². The molecule has 2 nitrogen and oxygen atoms in total. The molecular weight excluding hydrogens is 288 g/mol. The predicted octanol–water partition coefficient (Wildman–Crippen LogP) is 3.79. The van der Waals surface area contributed by atoms with Gasteiger partial charge in [-0.25, -0.2) is 0 Å². The molecule has 1 saturated carbocycles. The van der Waals surface area contributed by atoms with Crippen molar-refractivity contribution in [2.24, 2.45) is 5.92 Å². The van der Waals surface area contributed by atoms with Gasteiger partial charge in [0.15, 0.2) is 0 Å². The smallest absolute Gasteiger partial charge is 0.0508 e. The summed E-state index contributed by atoms with van der Waals surface area (Å²) in [6.45, 7) is 5.42. The molecule has 0 aliphatic heterocycles. The van der Waals surface area contributed by atoms with Gasteiger partial charge in [0, 0.05) is 24.6 Å². The van der Waals surface area contributed by atoms with Gasteiger partial charge in [-0.2, -0.15) is 0 Å². The van der Waals surface area contributed by atoms with E-state index in [2.05, 4.69) is 58.3 Å². The van der Waals surface area contributed by atoms with E-state index < -0.39 is 0 Å². The molecule has 0 heterocycles. The van der Waals surface area contributed by atoms with Gasteiger partial charge < -0.3 is 10.2 Å². The van der Waals surface area contributed by atoms with E-state index in [-0.39, 0.29) is 0 Å². The number of nitrogens with zero attached hydrogens (tertiary/aromatic N) is 1. The maximum absolute atomic E-state index is 3.70. The lowest BCUT2D eigenvalue weighted by molar-refractivity contribution is 0.675. The molecule has 0 aromatic heterocycles. The fourth-order valence-corrected chi connectivity index (χ4v) is 2.89. The third kappa shape index (κ3) is 3.99. The van der Waals surface area contributed by atoms with Crippen molar-refractivity contribution in [1.82, 2.24) is 5.32 Å². The van der Waals surface area contributed by atoms with Crippen LogP contribution >= 0.6 is 15.9 Å². The van der Waals surface area contributed by atoms with Crippen molar-refractivity contribution in [3.05, 3.63) is 28.2 Å². The van der Waals surface area contributed by atoms with Gasteiger partial charge in [0.2, 0.25) is 0 Å². The van der Waals surface area contributed by atoms with Gasteiger partial charge in [0.1, 0.15) is 0 Å². The number of rotatable bonds is 7. The molecule has 1 aliphatic rings. The summed E-state index contributed by atoms with van der Waals surface area (Å²) >= 11 is 3.70. The summed E-state index contributed by atoms with van der Waals surface area (Å²) in [5, 5.41) is 3.44. The van der Waals surface area contributed by atoms with Crippen molar-refractivity contribution in [3.63, 3.8) is 0 Å². The summed E-state index contributed by atoms with van der Waals surface area (Å²) in [5.41, 5.74) is 2.65. The topological polar surface area (TPSA) is 15.3 Å². The van der Waals surface area contributed by atoms with Crippen molar-refractivity contribution in [1.29, 1.82) is 0 Å². The molecule has 0 bridgehead atoms. The zero-order valence-electron chi connectivity index (χ0n) is 11.4. The summed E-state index contributed by atoms with van der Waals surface area (Å²) in [5.74, 6) is 0.924. The fourth-order valence-electron chi connectivity index (χ4n) is 2.17. The maximum atomic E-state index is 3.70. The van der Waals surface area contributed by atoms with Crippen LogP contribution in [-0.2, 0) is 6.54 Å². The molecule has 1 aromatic rings. The van der Waals surface area contributed by atoms with Crippen LogP contribution in [0.1, 0.15) is 31.7 Å². The lowest BCUT2D eigenvalue weighted by Crippen LogP contribution is -2.20. The zero-order valence-corrected chi connectivity index (χ0v) is 13.0. The number of hydrogen-bond acceptors (Lipinski definition) is 2. The van der Waals surface area contributed by atoms with Gasteiger partial charge in [0.25, 0.3) is 0 Å². The van der Waals surface area contributed by atoms with Crippen molar-refractivity contribution in [2.75, 3.05) is 25.0 Å². The quantitative estimate of drug-likeness (QED) is 0.771. The van der Waals surface area contributed by atoms with Gasteiger partial charge in [-0.05, 0) is 65.4 Å². The highest BCUT2D eigenvalue weighted by molar-refractivity contribution is 9.10. The normalized spacial score (nSPS) is 14.8. The fraction of sp³-hybridized carbons (Fsp3) is 0.600. The summed E-state index contributed by atoms with van der Waals surface area (Å²) in [7, 11) is 2.19. The molecule has 2 rings (SSSR count). The minimum atomic E-state index is 0.924. The number of anilines is 1. The molecule has 0 atom stereocenters. The molecule has 1 fully saturated rings. The summed E-state index contributed by atoms with van der Waals surface area (Å²) < 4.78 is 1.21. The molecule has 3 heteroatoms. The minimum Gasteiger partial charge on any atom is -0.373 e. The Morgan fingerprint density at radius 3 is 2.78 bits per heavy atom.